The van der Waals surface area contributed by atoms with Crippen molar-refractivity contribution in [3.05, 3.63) is 12.2 Å². The van der Waals surface area contributed by atoms with Gasteiger partial charge in [-0.25, -0.2) is 0 Å². The topological polar surface area (TPSA) is 29.1 Å². The van der Waals surface area contributed by atoms with Crippen LogP contribution >= 0.6 is 0 Å². The third-order valence-electron chi connectivity index (χ3n) is 1.64. The van der Waals surface area contributed by atoms with E-state index in [-0.39, 0.29) is 11.4 Å². The van der Waals surface area contributed by atoms with Crippen LogP contribution in [0.3, 0.4) is 0 Å². The Hall–Kier alpha value is -0.790. The molecule has 2 nitrogen and oxygen atoms in total. The van der Waals surface area contributed by atoms with Crippen molar-refractivity contribution in [3.63, 3.8) is 0 Å². The number of amides is 1. The first kappa shape index (κ1) is 12.2. The van der Waals surface area contributed by atoms with Gasteiger partial charge >= 0.3 is 0 Å². The zero-order valence-electron chi connectivity index (χ0n) is 9.24. The molecule has 0 rings (SSSR count). The maximum absolute atomic E-state index is 11.5. The monoisotopic (exact) mass is 183 g/mol. The second kappa shape index (κ2) is 5.05. The molecule has 0 bridgehead atoms. The van der Waals surface area contributed by atoms with Gasteiger partial charge in [-0.15, -0.1) is 0 Å². The summed E-state index contributed by atoms with van der Waals surface area (Å²) in [5, 5.41) is 2.89. The number of carbonyl (C=O) groups excluding carboxylic acids is 1. The summed E-state index contributed by atoms with van der Waals surface area (Å²) in [5.74, 6) is -0.0130. The first-order valence-electron chi connectivity index (χ1n) is 4.87. The highest BCUT2D eigenvalue weighted by Gasteiger charge is 2.15. The van der Waals surface area contributed by atoms with Gasteiger partial charge in [0.25, 0.3) is 0 Å². The molecule has 0 spiro atoms. The van der Waals surface area contributed by atoms with Gasteiger partial charge in [-0.3, -0.25) is 4.79 Å². The van der Waals surface area contributed by atoms with E-state index in [2.05, 4.69) is 18.8 Å². The summed E-state index contributed by atoms with van der Waals surface area (Å²) in [6.45, 7) is 11.8. The van der Waals surface area contributed by atoms with Crippen LogP contribution in [0.5, 0.6) is 0 Å². The van der Waals surface area contributed by atoms with E-state index in [0.29, 0.717) is 5.57 Å². The molecule has 0 saturated carbocycles. The number of rotatable bonds is 4. The molecule has 76 valence electrons. The normalized spacial score (nSPS) is 11.1. The predicted octanol–water partition coefficient (Wildman–Crippen LogP) is 2.65. The van der Waals surface area contributed by atoms with Crippen molar-refractivity contribution in [1.29, 1.82) is 0 Å². The quantitative estimate of drug-likeness (QED) is 0.667. The number of hydrogen-bond donors (Lipinski definition) is 1. The van der Waals surface area contributed by atoms with Crippen LogP contribution in [0.15, 0.2) is 12.2 Å². The summed E-state index contributed by atoms with van der Waals surface area (Å²) in [5.41, 5.74) is 0.531. The zero-order valence-corrected chi connectivity index (χ0v) is 9.24. The van der Waals surface area contributed by atoms with Crippen molar-refractivity contribution in [2.75, 3.05) is 0 Å². The van der Waals surface area contributed by atoms with Gasteiger partial charge < -0.3 is 5.32 Å². The maximum Gasteiger partial charge on any atom is 0.246 e. The number of nitrogens with one attached hydrogen (secondary N) is 1. The van der Waals surface area contributed by atoms with Crippen molar-refractivity contribution in [3.8, 4) is 0 Å². The van der Waals surface area contributed by atoms with Gasteiger partial charge in [0.15, 0.2) is 0 Å². The smallest absolute Gasteiger partial charge is 0.246 e. The van der Waals surface area contributed by atoms with Crippen LogP contribution in [0.1, 0.15) is 47.0 Å². The lowest BCUT2D eigenvalue weighted by Crippen LogP contribution is -2.41. The molecule has 0 aromatic carbocycles. The molecule has 1 N–H and O–H groups in total. The van der Waals surface area contributed by atoms with Crippen LogP contribution in [0, 0.1) is 0 Å². The number of carbonyl (C=O) groups is 1. The Bertz CT molecular complexity index is 189. The summed E-state index contributed by atoms with van der Waals surface area (Å²) >= 11 is 0. The van der Waals surface area contributed by atoms with E-state index in [9.17, 15) is 4.79 Å². The molecule has 0 saturated heterocycles. The van der Waals surface area contributed by atoms with E-state index >= 15 is 0 Å². The summed E-state index contributed by atoms with van der Waals surface area (Å²) in [6.07, 6.45) is 2.94. The first-order valence-corrected chi connectivity index (χ1v) is 4.87. The van der Waals surface area contributed by atoms with Crippen LogP contribution in [0.2, 0.25) is 0 Å². The standard InChI is InChI=1S/C11H21NO/c1-6-7-8-9(2)10(13)12-11(3,4)5/h2,6-8H2,1,3-5H3,(H,12,13). The molecule has 0 radical (unpaired) electrons. The van der Waals surface area contributed by atoms with E-state index < -0.39 is 0 Å². The minimum absolute atomic E-state index is 0.0130. The minimum Gasteiger partial charge on any atom is -0.348 e. The molecule has 0 aromatic rings. The molecule has 0 fully saturated rings. The van der Waals surface area contributed by atoms with Crippen molar-refractivity contribution in [2.24, 2.45) is 0 Å². The van der Waals surface area contributed by atoms with Gasteiger partial charge in [0, 0.05) is 11.1 Å². The molecule has 13 heavy (non-hydrogen) atoms. The second-order valence-electron chi connectivity index (χ2n) is 4.41. The Kier molecular flexibility index (Phi) is 4.74. The summed E-state index contributed by atoms with van der Waals surface area (Å²) in [7, 11) is 0. The van der Waals surface area contributed by atoms with Crippen LogP contribution in [-0.2, 0) is 4.79 Å². The molecule has 0 unspecified atom stereocenters. The summed E-state index contributed by atoms with van der Waals surface area (Å²) < 4.78 is 0. The van der Waals surface area contributed by atoms with Crippen LogP contribution < -0.4 is 5.32 Å². The van der Waals surface area contributed by atoms with Gasteiger partial charge in [-0.05, 0) is 33.6 Å². The third-order valence-corrected chi connectivity index (χ3v) is 1.64. The van der Waals surface area contributed by atoms with Gasteiger partial charge in [0.1, 0.15) is 0 Å². The molecule has 0 aliphatic carbocycles. The lowest BCUT2D eigenvalue weighted by atomic mass is 10.1. The van der Waals surface area contributed by atoms with E-state index in [1.54, 1.807) is 0 Å². The number of unbranched alkanes of at least 4 members (excludes halogenated alkanes) is 1. The van der Waals surface area contributed by atoms with Gasteiger partial charge in [-0.1, -0.05) is 19.9 Å². The number of hydrogen-bond acceptors (Lipinski definition) is 1. The van der Waals surface area contributed by atoms with E-state index in [1.165, 1.54) is 0 Å². The van der Waals surface area contributed by atoms with Crippen LogP contribution in [0.25, 0.3) is 0 Å². The fourth-order valence-electron chi connectivity index (χ4n) is 0.933. The van der Waals surface area contributed by atoms with E-state index in [1.807, 2.05) is 20.8 Å². The molecule has 0 atom stereocenters. The van der Waals surface area contributed by atoms with E-state index in [4.69, 9.17) is 0 Å². The molecule has 0 aliphatic heterocycles. The summed E-state index contributed by atoms with van der Waals surface area (Å²) in [4.78, 5) is 11.5. The molecule has 2 heteroatoms. The highest BCUT2D eigenvalue weighted by atomic mass is 16.1. The van der Waals surface area contributed by atoms with Crippen molar-refractivity contribution >= 4 is 5.91 Å². The molecule has 1 amide bonds. The average molecular weight is 183 g/mol. The summed E-state index contributed by atoms with van der Waals surface area (Å²) in [6, 6.07) is 0. The first-order chi connectivity index (χ1) is 5.87. The molecular formula is C11H21NO. The highest BCUT2D eigenvalue weighted by molar-refractivity contribution is 5.93. The second-order valence-corrected chi connectivity index (χ2v) is 4.41. The Balaban J connectivity index is 3.91. The lowest BCUT2D eigenvalue weighted by Gasteiger charge is -2.21. The fourth-order valence-corrected chi connectivity index (χ4v) is 0.933. The Morgan fingerprint density at radius 2 is 1.92 bits per heavy atom. The minimum atomic E-state index is -0.160. The Morgan fingerprint density at radius 1 is 1.38 bits per heavy atom. The van der Waals surface area contributed by atoms with Gasteiger partial charge in [-0.2, -0.15) is 0 Å². The van der Waals surface area contributed by atoms with Gasteiger partial charge in [0.2, 0.25) is 5.91 Å². The predicted molar refractivity (Wildman–Crippen MR) is 56.6 cm³/mol. The molecule has 0 heterocycles. The van der Waals surface area contributed by atoms with Crippen LogP contribution in [-0.4, -0.2) is 11.4 Å². The van der Waals surface area contributed by atoms with E-state index in [0.717, 1.165) is 19.3 Å². The van der Waals surface area contributed by atoms with Gasteiger partial charge in [0.05, 0.1) is 0 Å². The Morgan fingerprint density at radius 3 is 2.31 bits per heavy atom. The zero-order chi connectivity index (χ0) is 10.5. The van der Waals surface area contributed by atoms with Crippen molar-refractivity contribution in [2.45, 2.75) is 52.5 Å². The Labute approximate surface area is 81.4 Å². The SMILES string of the molecule is C=C(CCCC)C(=O)NC(C)(C)C. The van der Waals surface area contributed by atoms with Crippen molar-refractivity contribution in [1.82, 2.24) is 5.32 Å². The largest absolute Gasteiger partial charge is 0.348 e. The lowest BCUT2D eigenvalue weighted by molar-refractivity contribution is -0.118. The highest BCUT2D eigenvalue weighted by Crippen LogP contribution is 2.07. The maximum atomic E-state index is 11.5. The molecular weight excluding hydrogens is 162 g/mol. The molecule has 0 aliphatic rings. The fraction of sp³-hybridized carbons (Fsp3) is 0.727. The third kappa shape index (κ3) is 6.38. The van der Waals surface area contributed by atoms with Crippen molar-refractivity contribution < 1.29 is 4.79 Å². The average Bonchev–Trinajstić information content (AvgIpc) is 1.96. The molecule has 0 aromatic heterocycles. The van der Waals surface area contributed by atoms with Crippen LogP contribution in [0.4, 0.5) is 0 Å².